The molecule has 3 aromatic rings. The first kappa shape index (κ1) is 20.8. The maximum atomic E-state index is 14.1. The van der Waals surface area contributed by atoms with Crippen molar-refractivity contribution < 1.29 is 18.8 Å². The average Bonchev–Trinajstić information content (AvgIpc) is 2.75. The van der Waals surface area contributed by atoms with E-state index in [9.17, 15) is 18.8 Å². The zero-order chi connectivity index (χ0) is 22.0. The number of rotatable bonds is 4. The fraction of sp³-hybridized carbons (Fsp3) is 0. The van der Waals surface area contributed by atoms with Crippen LogP contribution < -0.4 is 10.2 Å². The average molecular weight is 453 g/mol. The molecular formula is C23H14ClFN2O3S. The molecule has 0 aliphatic carbocycles. The van der Waals surface area contributed by atoms with Crippen molar-refractivity contribution in [2.24, 2.45) is 0 Å². The highest BCUT2D eigenvalue weighted by Gasteiger charge is 2.37. The Kier molecular flexibility index (Phi) is 5.88. The zero-order valence-corrected chi connectivity index (χ0v) is 17.4. The molecule has 0 saturated carbocycles. The van der Waals surface area contributed by atoms with Crippen LogP contribution >= 0.6 is 23.4 Å². The summed E-state index contributed by atoms with van der Waals surface area (Å²) < 4.78 is 14.1. The molecule has 4 rings (SSSR count). The molecular weight excluding hydrogens is 439 g/mol. The van der Waals surface area contributed by atoms with Gasteiger partial charge in [-0.05, 0) is 60.2 Å². The van der Waals surface area contributed by atoms with Gasteiger partial charge in [0.15, 0.2) is 0 Å². The van der Waals surface area contributed by atoms with Crippen LogP contribution in [0.3, 0.4) is 0 Å². The summed E-state index contributed by atoms with van der Waals surface area (Å²) in [5.74, 6) is -2.47. The van der Waals surface area contributed by atoms with Crippen LogP contribution in [0.5, 0.6) is 0 Å². The highest BCUT2D eigenvalue weighted by atomic mass is 35.5. The Hall–Kier alpha value is -3.42. The van der Waals surface area contributed by atoms with Gasteiger partial charge in [-0.3, -0.25) is 14.9 Å². The van der Waals surface area contributed by atoms with E-state index in [0.29, 0.717) is 15.5 Å². The first-order chi connectivity index (χ1) is 14.9. The van der Waals surface area contributed by atoms with Gasteiger partial charge in [-0.15, -0.1) is 0 Å². The first-order valence-corrected chi connectivity index (χ1v) is 10.3. The number of barbiturate groups is 1. The van der Waals surface area contributed by atoms with Gasteiger partial charge in [0, 0.05) is 14.8 Å². The Labute approximate surface area is 186 Å². The van der Waals surface area contributed by atoms with Crippen LogP contribution in [-0.4, -0.2) is 17.8 Å². The van der Waals surface area contributed by atoms with E-state index >= 15 is 0 Å². The van der Waals surface area contributed by atoms with E-state index in [4.69, 9.17) is 11.6 Å². The number of amides is 4. The maximum Gasteiger partial charge on any atom is 0.336 e. The predicted octanol–water partition coefficient (Wildman–Crippen LogP) is 5.30. The summed E-state index contributed by atoms with van der Waals surface area (Å²) in [5.41, 5.74) is 0.0980. The molecule has 4 amide bonds. The largest absolute Gasteiger partial charge is 0.336 e. The van der Waals surface area contributed by atoms with Gasteiger partial charge in [-0.2, -0.15) is 0 Å². The van der Waals surface area contributed by atoms with Crippen LogP contribution in [0.15, 0.2) is 88.2 Å². The van der Waals surface area contributed by atoms with Crippen LogP contribution in [0.2, 0.25) is 5.02 Å². The van der Waals surface area contributed by atoms with Crippen LogP contribution in [0.1, 0.15) is 5.56 Å². The molecule has 8 heteroatoms. The third-order valence-corrected chi connectivity index (χ3v) is 5.70. The fourth-order valence-corrected chi connectivity index (χ4v) is 3.89. The van der Waals surface area contributed by atoms with Crippen LogP contribution in [0.25, 0.3) is 6.08 Å². The number of carbonyl (C=O) groups excluding carboxylic acids is 3. The summed E-state index contributed by atoms with van der Waals surface area (Å²) in [6.45, 7) is 0. The minimum atomic E-state index is -0.994. The lowest BCUT2D eigenvalue weighted by Crippen LogP contribution is -2.54. The molecule has 31 heavy (non-hydrogen) atoms. The van der Waals surface area contributed by atoms with Gasteiger partial charge in [0.2, 0.25) is 0 Å². The monoisotopic (exact) mass is 452 g/mol. The molecule has 0 atom stereocenters. The van der Waals surface area contributed by atoms with Crippen LogP contribution in [-0.2, 0) is 9.59 Å². The number of hydrogen-bond donors (Lipinski definition) is 1. The smallest absolute Gasteiger partial charge is 0.273 e. The Balaban J connectivity index is 1.58. The SMILES string of the molecule is O=C1NC(=O)N(c2ccccc2F)C(=O)/C1=C\c1ccc(Sc2ccc(Cl)cc2)cc1. The molecule has 1 N–H and O–H groups in total. The lowest BCUT2D eigenvalue weighted by Gasteiger charge is -2.26. The third-order valence-electron chi connectivity index (χ3n) is 4.44. The van der Waals surface area contributed by atoms with Crippen molar-refractivity contribution in [3.63, 3.8) is 0 Å². The second-order valence-corrected chi connectivity index (χ2v) is 8.12. The summed E-state index contributed by atoms with van der Waals surface area (Å²) in [5, 5.41) is 2.74. The van der Waals surface area contributed by atoms with Gasteiger partial charge in [0.1, 0.15) is 11.4 Å². The summed E-state index contributed by atoms with van der Waals surface area (Å²) in [7, 11) is 0. The minimum absolute atomic E-state index is 0.224. The van der Waals surface area contributed by atoms with E-state index in [-0.39, 0.29) is 11.3 Å². The van der Waals surface area contributed by atoms with Crippen molar-refractivity contribution >= 4 is 53.0 Å². The Morgan fingerprint density at radius 1 is 0.871 bits per heavy atom. The topological polar surface area (TPSA) is 66.5 Å². The Morgan fingerprint density at radius 3 is 2.13 bits per heavy atom. The van der Waals surface area contributed by atoms with Crippen molar-refractivity contribution in [2.75, 3.05) is 4.90 Å². The quantitative estimate of drug-likeness (QED) is 0.431. The molecule has 0 aromatic heterocycles. The summed E-state index contributed by atoms with van der Waals surface area (Å²) in [6.07, 6.45) is 1.37. The molecule has 0 spiro atoms. The van der Waals surface area contributed by atoms with Gasteiger partial charge in [0.05, 0.1) is 5.69 Å². The second kappa shape index (κ2) is 8.75. The van der Waals surface area contributed by atoms with E-state index < -0.39 is 23.7 Å². The maximum absolute atomic E-state index is 14.1. The molecule has 0 unspecified atom stereocenters. The Bertz CT molecular complexity index is 1210. The van der Waals surface area contributed by atoms with Gasteiger partial charge in [-0.25, -0.2) is 14.1 Å². The molecule has 1 aliphatic heterocycles. The number of para-hydroxylation sites is 1. The van der Waals surface area contributed by atoms with E-state index in [1.54, 1.807) is 24.3 Å². The van der Waals surface area contributed by atoms with Crippen molar-refractivity contribution in [2.45, 2.75) is 9.79 Å². The molecule has 1 fully saturated rings. The third kappa shape index (κ3) is 4.52. The number of carbonyl (C=O) groups is 3. The molecule has 154 valence electrons. The van der Waals surface area contributed by atoms with E-state index in [1.165, 1.54) is 36.0 Å². The lowest BCUT2D eigenvalue weighted by molar-refractivity contribution is -0.122. The number of urea groups is 1. The van der Waals surface area contributed by atoms with E-state index in [0.717, 1.165) is 15.9 Å². The number of hydrogen-bond acceptors (Lipinski definition) is 4. The summed E-state index contributed by atoms with van der Waals surface area (Å²) >= 11 is 7.43. The molecule has 1 aliphatic rings. The first-order valence-electron chi connectivity index (χ1n) is 9.12. The molecule has 0 bridgehead atoms. The van der Waals surface area contributed by atoms with Crippen molar-refractivity contribution in [1.29, 1.82) is 0 Å². The fourth-order valence-electron chi connectivity index (χ4n) is 2.95. The minimum Gasteiger partial charge on any atom is -0.273 e. The summed E-state index contributed by atoms with van der Waals surface area (Å²) in [4.78, 5) is 39.8. The molecule has 5 nitrogen and oxygen atoms in total. The lowest BCUT2D eigenvalue weighted by atomic mass is 10.1. The number of nitrogens with one attached hydrogen (secondary N) is 1. The van der Waals surface area contributed by atoms with Crippen molar-refractivity contribution in [3.8, 4) is 0 Å². The number of nitrogens with zero attached hydrogens (tertiary/aromatic N) is 1. The van der Waals surface area contributed by atoms with Gasteiger partial charge >= 0.3 is 6.03 Å². The van der Waals surface area contributed by atoms with Crippen LogP contribution in [0, 0.1) is 5.82 Å². The number of halogens is 2. The van der Waals surface area contributed by atoms with E-state index in [1.807, 2.05) is 24.3 Å². The van der Waals surface area contributed by atoms with Gasteiger partial charge in [0.25, 0.3) is 11.8 Å². The normalized spacial score (nSPS) is 15.4. The molecule has 1 heterocycles. The number of anilines is 1. The molecule has 0 radical (unpaired) electrons. The number of imide groups is 2. The van der Waals surface area contributed by atoms with Gasteiger partial charge < -0.3 is 0 Å². The molecule has 1 saturated heterocycles. The van der Waals surface area contributed by atoms with Crippen LogP contribution in [0.4, 0.5) is 14.9 Å². The highest BCUT2D eigenvalue weighted by Crippen LogP contribution is 2.29. The Morgan fingerprint density at radius 2 is 1.48 bits per heavy atom. The second-order valence-electron chi connectivity index (χ2n) is 6.53. The zero-order valence-electron chi connectivity index (χ0n) is 15.8. The summed E-state index contributed by atoms with van der Waals surface area (Å²) in [6, 6.07) is 19.0. The predicted molar refractivity (Wildman–Crippen MR) is 117 cm³/mol. The number of benzene rings is 3. The van der Waals surface area contributed by atoms with Gasteiger partial charge in [-0.1, -0.05) is 47.6 Å². The molecule has 3 aromatic carbocycles. The van der Waals surface area contributed by atoms with Crippen molar-refractivity contribution in [3.05, 3.63) is 94.8 Å². The van der Waals surface area contributed by atoms with E-state index in [2.05, 4.69) is 5.32 Å². The van der Waals surface area contributed by atoms with Crippen molar-refractivity contribution in [1.82, 2.24) is 5.32 Å². The highest BCUT2D eigenvalue weighted by molar-refractivity contribution is 7.99. The standard InChI is InChI=1S/C23H14ClFN2O3S/c24-15-7-11-17(12-8-15)31-16-9-5-14(6-10-16)13-18-21(28)26-23(30)27(22(18)29)20-4-2-1-3-19(20)25/h1-13H,(H,26,28,30)/b18-13-.